The largest absolute Gasteiger partial charge is 1.00 e. The summed E-state index contributed by atoms with van der Waals surface area (Å²) in [6.45, 7) is 0. The third kappa shape index (κ3) is 4.09. The van der Waals surface area contributed by atoms with Crippen molar-refractivity contribution in [2.24, 2.45) is 0 Å². The molecule has 0 bridgehead atoms. The second kappa shape index (κ2) is 8.09. The molecule has 0 saturated heterocycles. The Labute approximate surface area is 154 Å². The number of carboxylic acid groups (broad SMARTS) is 2. The van der Waals surface area contributed by atoms with Gasteiger partial charge in [-0.05, 0) is 24.3 Å². The average molecular weight is 351 g/mol. The molecule has 0 unspecified atom stereocenters. The molecule has 1 aromatic carbocycles. The van der Waals surface area contributed by atoms with E-state index in [1.54, 1.807) is 0 Å². The van der Waals surface area contributed by atoms with Crippen molar-refractivity contribution in [3.05, 3.63) is 61.4 Å². The Morgan fingerprint density at radius 3 is 2.13 bits per heavy atom. The van der Waals surface area contributed by atoms with Crippen LogP contribution in [0.15, 0.2) is 33.9 Å². The van der Waals surface area contributed by atoms with Crippen LogP contribution in [0.5, 0.6) is 0 Å². The molecule has 0 aliphatic heterocycles. The number of nitrogens with one attached hydrogen (secondary N) is 1. The van der Waals surface area contributed by atoms with E-state index in [1.807, 2.05) is 4.98 Å². The van der Waals surface area contributed by atoms with Crippen LogP contribution in [0.25, 0.3) is 5.69 Å². The van der Waals surface area contributed by atoms with Gasteiger partial charge in [0.15, 0.2) is 5.56 Å². The molecule has 0 fully saturated rings. The van der Waals surface area contributed by atoms with Gasteiger partial charge in [-0.15, -0.1) is 0 Å². The van der Waals surface area contributed by atoms with Gasteiger partial charge in [0.2, 0.25) is 0 Å². The van der Waals surface area contributed by atoms with Gasteiger partial charge in [0.25, 0.3) is 5.56 Å². The molecular formula is C12H8ClN2NaO7. The fourth-order valence-corrected chi connectivity index (χ4v) is 1.84. The summed E-state index contributed by atoms with van der Waals surface area (Å²) in [6, 6.07) is 5.39. The van der Waals surface area contributed by atoms with Crippen LogP contribution < -0.4 is 45.9 Å². The van der Waals surface area contributed by atoms with E-state index in [9.17, 15) is 24.3 Å². The number of carbonyl (C=O) groups excluding carboxylic acids is 1. The Kier molecular flexibility index (Phi) is 7.41. The maximum atomic E-state index is 12.1. The van der Waals surface area contributed by atoms with Crippen molar-refractivity contribution in [1.29, 1.82) is 0 Å². The van der Waals surface area contributed by atoms with Crippen molar-refractivity contribution in [2.75, 3.05) is 0 Å². The average Bonchev–Trinajstić information content (AvgIpc) is 2.39. The number of aromatic amines is 1. The van der Waals surface area contributed by atoms with E-state index in [0.29, 0.717) is 9.59 Å². The molecule has 0 saturated carbocycles. The zero-order valence-electron chi connectivity index (χ0n) is 11.6. The van der Waals surface area contributed by atoms with Gasteiger partial charge in [0, 0.05) is 5.02 Å². The SMILES string of the molecule is O.O=C([O-])c1[nH]c(=O)n(-c2ccc(Cl)cc2)c(=O)c1C(=O)O.[Na+]. The first kappa shape index (κ1) is 21.1. The molecule has 1 aromatic heterocycles. The minimum absolute atomic E-state index is 0. The van der Waals surface area contributed by atoms with Crippen molar-refractivity contribution in [2.45, 2.75) is 0 Å². The molecule has 1 heterocycles. The topological polar surface area (TPSA) is 164 Å². The predicted octanol–water partition coefficient (Wildman–Crippen LogP) is -4.58. The summed E-state index contributed by atoms with van der Waals surface area (Å²) in [5, 5.41) is 20.1. The van der Waals surface area contributed by atoms with Gasteiger partial charge in [-0.3, -0.25) is 4.79 Å². The molecule has 11 heteroatoms. The Morgan fingerprint density at radius 2 is 1.70 bits per heavy atom. The molecule has 9 nitrogen and oxygen atoms in total. The number of carbonyl (C=O) groups is 2. The summed E-state index contributed by atoms with van der Waals surface area (Å²) in [6.07, 6.45) is 0. The van der Waals surface area contributed by atoms with Crippen molar-refractivity contribution in [3.8, 4) is 5.69 Å². The molecule has 0 atom stereocenters. The maximum absolute atomic E-state index is 12.1. The molecule has 23 heavy (non-hydrogen) atoms. The molecule has 4 N–H and O–H groups in total. The minimum Gasteiger partial charge on any atom is -0.543 e. The predicted molar refractivity (Wildman–Crippen MR) is 72.6 cm³/mol. The first-order valence-corrected chi connectivity index (χ1v) is 5.80. The summed E-state index contributed by atoms with van der Waals surface area (Å²) in [7, 11) is 0. The molecule has 2 aromatic rings. The van der Waals surface area contributed by atoms with E-state index in [4.69, 9.17) is 16.7 Å². The molecule has 0 spiro atoms. The summed E-state index contributed by atoms with van der Waals surface area (Å²) < 4.78 is 0.492. The number of rotatable bonds is 3. The molecule has 116 valence electrons. The van der Waals surface area contributed by atoms with Gasteiger partial charge in [-0.25, -0.2) is 14.2 Å². The smallest absolute Gasteiger partial charge is 0.543 e. The number of hydrogen-bond donors (Lipinski definition) is 2. The zero-order valence-corrected chi connectivity index (χ0v) is 14.4. The van der Waals surface area contributed by atoms with E-state index < -0.39 is 34.4 Å². The third-order valence-electron chi connectivity index (χ3n) is 2.60. The van der Waals surface area contributed by atoms with Crippen LogP contribution in [-0.2, 0) is 0 Å². The van der Waals surface area contributed by atoms with Gasteiger partial charge < -0.3 is 25.5 Å². The fourth-order valence-electron chi connectivity index (χ4n) is 1.71. The second-order valence-electron chi connectivity index (χ2n) is 3.89. The molecule has 0 aliphatic carbocycles. The fraction of sp³-hybridized carbons (Fsp3) is 0. The number of halogens is 1. The zero-order chi connectivity index (χ0) is 15.7. The summed E-state index contributed by atoms with van der Waals surface area (Å²) in [5.41, 5.74) is -4.52. The Morgan fingerprint density at radius 1 is 1.17 bits per heavy atom. The molecule has 2 rings (SSSR count). The number of benzene rings is 1. The first-order valence-electron chi connectivity index (χ1n) is 5.43. The van der Waals surface area contributed by atoms with Crippen molar-refractivity contribution in [1.82, 2.24) is 9.55 Å². The Balaban J connectivity index is 0.00000242. The van der Waals surface area contributed by atoms with E-state index in [2.05, 4.69) is 0 Å². The maximum Gasteiger partial charge on any atom is 1.00 e. The van der Waals surface area contributed by atoms with Crippen LogP contribution in [0.3, 0.4) is 0 Å². The van der Waals surface area contributed by atoms with Crippen LogP contribution in [0.4, 0.5) is 0 Å². The number of H-pyrrole nitrogens is 1. The van der Waals surface area contributed by atoms with E-state index >= 15 is 0 Å². The number of hydrogen-bond acceptors (Lipinski definition) is 5. The van der Waals surface area contributed by atoms with Crippen LogP contribution in [0, 0.1) is 0 Å². The van der Waals surface area contributed by atoms with Crippen LogP contribution in [0.2, 0.25) is 5.02 Å². The normalized spacial score (nSPS) is 9.43. The van der Waals surface area contributed by atoms with Crippen molar-refractivity contribution >= 4 is 23.5 Å². The molecule has 0 aliphatic rings. The van der Waals surface area contributed by atoms with Crippen molar-refractivity contribution < 1.29 is 54.8 Å². The monoisotopic (exact) mass is 350 g/mol. The summed E-state index contributed by atoms with van der Waals surface area (Å²) in [5.74, 6) is -3.76. The van der Waals surface area contributed by atoms with Gasteiger partial charge in [0.05, 0.1) is 17.4 Å². The number of carboxylic acids is 2. The van der Waals surface area contributed by atoms with Gasteiger partial charge in [0.1, 0.15) is 0 Å². The second-order valence-corrected chi connectivity index (χ2v) is 4.33. The van der Waals surface area contributed by atoms with Gasteiger partial charge in [-0.1, -0.05) is 11.6 Å². The Bertz CT molecular complexity index is 857. The summed E-state index contributed by atoms with van der Waals surface area (Å²) >= 11 is 5.67. The molecule has 0 radical (unpaired) electrons. The standard InChI is InChI=1S/C12H7ClN2O6.Na.H2O/c13-5-1-3-6(4-2-5)15-9(16)7(10(17)18)8(11(19)20)14-12(15)21;;/h1-4H,(H,14,21)(H,17,18)(H,19,20);;1H2/q;+1;/p-1. The van der Waals surface area contributed by atoms with E-state index in [-0.39, 0.29) is 40.7 Å². The number of aromatic carboxylic acids is 2. The first-order chi connectivity index (χ1) is 9.82. The quantitative estimate of drug-likeness (QED) is 0.529. The molecular weight excluding hydrogens is 343 g/mol. The van der Waals surface area contributed by atoms with E-state index in [1.165, 1.54) is 24.3 Å². The third-order valence-corrected chi connectivity index (χ3v) is 2.86. The van der Waals surface area contributed by atoms with Crippen LogP contribution >= 0.6 is 11.6 Å². The van der Waals surface area contributed by atoms with Crippen LogP contribution in [0.1, 0.15) is 20.8 Å². The van der Waals surface area contributed by atoms with Crippen LogP contribution in [-0.4, -0.2) is 32.1 Å². The number of aromatic nitrogens is 2. The molecule has 0 amide bonds. The van der Waals surface area contributed by atoms with Gasteiger partial charge >= 0.3 is 41.2 Å². The van der Waals surface area contributed by atoms with E-state index in [0.717, 1.165) is 0 Å². The number of nitrogens with zero attached hydrogens (tertiary/aromatic N) is 1. The van der Waals surface area contributed by atoms with Gasteiger partial charge in [-0.2, -0.15) is 0 Å². The minimum atomic E-state index is -1.97. The van der Waals surface area contributed by atoms with Crippen molar-refractivity contribution in [3.63, 3.8) is 0 Å². The summed E-state index contributed by atoms with van der Waals surface area (Å²) in [4.78, 5) is 47.6. The Hall–Kier alpha value is -1.91.